The summed E-state index contributed by atoms with van der Waals surface area (Å²) in [5.74, 6) is 1.51. The van der Waals surface area contributed by atoms with Gasteiger partial charge >= 0.3 is 0 Å². The van der Waals surface area contributed by atoms with E-state index in [9.17, 15) is 4.79 Å². The molecule has 7 nitrogen and oxygen atoms in total. The number of hydrogen-bond donors (Lipinski definition) is 1. The molecule has 0 unspecified atom stereocenters. The topological polar surface area (TPSA) is 85.8 Å². The molecule has 0 saturated heterocycles. The number of amides is 1. The molecule has 29 heavy (non-hydrogen) atoms. The molecule has 4 aromatic rings. The summed E-state index contributed by atoms with van der Waals surface area (Å²) >= 11 is 5.90. The van der Waals surface area contributed by atoms with Gasteiger partial charge in [0.15, 0.2) is 17.5 Å². The minimum absolute atomic E-state index is 0.150. The first-order valence-electron chi connectivity index (χ1n) is 9.08. The van der Waals surface area contributed by atoms with Gasteiger partial charge in [-0.1, -0.05) is 17.7 Å². The van der Waals surface area contributed by atoms with Crippen molar-refractivity contribution in [1.29, 1.82) is 0 Å². The summed E-state index contributed by atoms with van der Waals surface area (Å²) in [4.78, 5) is 20.5. The molecule has 0 atom stereocenters. The van der Waals surface area contributed by atoms with Gasteiger partial charge in [-0.2, -0.15) is 5.10 Å². The van der Waals surface area contributed by atoms with Gasteiger partial charge in [-0.25, -0.2) is 4.98 Å². The highest BCUT2D eigenvalue weighted by Crippen LogP contribution is 2.22. The van der Waals surface area contributed by atoms with Crippen LogP contribution in [-0.2, 0) is 17.8 Å². The fourth-order valence-corrected chi connectivity index (χ4v) is 2.92. The minimum atomic E-state index is -0.150. The summed E-state index contributed by atoms with van der Waals surface area (Å²) in [6.07, 6.45) is 7.62. The number of hydrogen-bond acceptors (Lipinski definition) is 5. The first kappa shape index (κ1) is 18.9. The fourth-order valence-electron chi connectivity index (χ4n) is 2.79. The van der Waals surface area contributed by atoms with Gasteiger partial charge in [0, 0.05) is 48.1 Å². The van der Waals surface area contributed by atoms with E-state index >= 15 is 0 Å². The summed E-state index contributed by atoms with van der Waals surface area (Å²) < 4.78 is 7.47. The van der Waals surface area contributed by atoms with Crippen molar-refractivity contribution in [2.45, 2.75) is 19.4 Å². The van der Waals surface area contributed by atoms with Crippen molar-refractivity contribution in [3.05, 3.63) is 83.7 Å². The third kappa shape index (κ3) is 5.08. The molecule has 1 amide bonds. The van der Waals surface area contributed by atoms with Crippen molar-refractivity contribution in [2.75, 3.05) is 5.32 Å². The molecular weight excluding hydrogens is 390 g/mol. The van der Waals surface area contributed by atoms with E-state index < -0.39 is 0 Å². The third-order valence-corrected chi connectivity index (χ3v) is 4.48. The summed E-state index contributed by atoms with van der Waals surface area (Å²) in [6.45, 7) is 0.591. The van der Waals surface area contributed by atoms with E-state index in [0.29, 0.717) is 35.5 Å². The van der Waals surface area contributed by atoms with Crippen LogP contribution < -0.4 is 5.32 Å². The molecular formula is C21H18ClN5O2. The SMILES string of the molecule is O=C(CCc1ncc(-c2ccc(Cl)cc2)o1)Nc1ccn(Cc2cccnc2)n1. The highest BCUT2D eigenvalue weighted by atomic mass is 35.5. The molecule has 0 bridgehead atoms. The zero-order valence-electron chi connectivity index (χ0n) is 15.5. The van der Waals surface area contributed by atoms with Gasteiger partial charge in [0.25, 0.3) is 0 Å². The molecule has 3 heterocycles. The number of benzene rings is 1. The lowest BCUT2D eigenvalue weighted by molar-refractivity contribution is -0.116. The second kappa shape index (κ2) is 8.70. The lowest BCUT2D eigenvalue weighted by Crippen LogP contribution is -2.13. The van der Waals surface area contributed by atoms with Crippen LogP contribution >= 0.6 is 11.6 Å². The second-order valence-corrected chi connectivity index (χ2v) is 6.87. The minimum Gasteiger partial charge on any atom is -0.441 e. The lowest BCUT2D eigenvalue weighted by Gasteiger charge is -2.02. The number of halogens is 1. The number of aromatic nitrogens is 4. The van der Waals surface area contributed by atoms with E-state index in [4.69, 9.17) is 16.0 Å². The molecule has 3 aromatic heterocycles. The zero-order chi connectivity index (χ0) is 20.1. The Kier molecular flexibility index (Phi) is 5.67. The molecule has 0 aliphatic rings. The maximum atomic E-state index is 12.2. The van der Waals surface area contributed by atoms with Gasteiger partial charge in [0.1, 0.15) is 0 Å². The molecule has 0 aliphatic heterocycles. The van der Waals surface area contributed by atoms with Crippen molar-refractivity contribution in [1.82, 2.24) is 19.7 Å². The number of anilines is 1. The Labute approximate surface area is 172 Å². The highest BCUT2D eigenvalue weighted by Gasteiger charge is 2.10. The Morgan fingerprint density at radius 2 is 2.00 bits per heavy atom. The smallest absolute Gasteiger partial charge is 0.226 e. The number of carbonyl (C=O) groups is 1. The van der Waals surface area contributed by atoms with Gasteiger partial charge in [-0.3, -0.25) is 14.5 Å². The maximum Gasteiger partial charge on any atom is 0.226 e. The first-order chi connectivity index (χ1) is 14.2. The molecule has 0 fully saturated rings. The zero-order valence-corrected chi connectivity index (χ0v) is 16.2. The van der Waals surface area contributed by atoms with Gasteiger partial charge < -0.3 is 9.73 Å². The van der Waals surface area contributed by atoms with Crippen molar-refractivity contribution in [2.24, 2.45) is 0 Å². The summed E-state index contributed by atoms with van der Waals surface area (Å²) in [6, 6.07) is 12.9. The van der Waals surface area contributed by atoms with E-state index in [1.165, 1.54) is 0 Å². The van der Waals surface area contributed by atoms with E-state index in [1.807, 2.05) is 30.5 Å². The van der Waals surface area contributed by atoms with E-state index in [-0.39, 0.29) is 12.3 Å². The van der Waals surface area contributed by atoms with Gasteiger partial charge in [-0.15, -0.1) is 0 Å². The molecule has 1 aromatic carbocycles. The number of rotatable bonds is 7. The van der Waals surface area contributed by atoms with E-state index in [2.05, 4.69) is 20.4 Å². The highest BCUT2D eigenvalue weighted by molar-refractivity contribution is 6.30. The Morgan fingerprint density at radius 1 is 1.14 bits per heavy atom. The average molecular weight is 408 g/mol. The Bertz CT molecular complexity index is 1090. The van der Waals surface area contributed by atoms with Crippen LogP contribution in [0.5, 0.6) is 0 Å². The lowest BCUT2D eigenvalue weighted by atomic mass is 10.2. The summed E-state index contributed by atoms with van der Waals surface area (Å²) in [7, 11) is 0. The van der Waals surface area contributed by atoms with Crippen LogP contribution in [0, 0.1) is 0 Å². The number of pyridine rings is 1. The van der Waals surface area contributed by atoms with Crippen LogP contribution in [0.15, 0.2) is 71.7 Å². The van der Waals surface area contributed by atoms with Crippen molar-refractivity contribution >= 4 is 23.3 Å². The number of nitrogens with zero attached hydrogens (tertiary/aromatic N) is 4. The predicted octanol–water partition coefficient (Wildman–Crippen LogP) is 4.21. The molecule has 4 rings (SSSR count). The second-order valence-electron chi connectivity index (χ2n) is 6.43. The van der Waals surface area contributed by atoms with Crippen LogP contribution in [-0.4, -0.2) is 25.7 Å². The number of nitrogens with one attached hydrogen (secondary N) is 1. The average Bonchev–Trinajstić information content (AvgIpc) is 3.37. The van der Waals surface area contributed by atoms with Gasteiger partial charge in [-0.05, 0) is 35.9 Å². The molecule has 1 N–H and O–H groups in total. The van der Waals surface area contributed by atoms with Crippen LogP contribution in [0.25, 0.3) is 11.3 Å². The molecule has 0 saturated carbocycles. The Balaban J connectivity index is 1.29. The molecule has 0 radical (unpaired) electrons. The number of oxazole rings is 1. The van der Waals surface area contributed by atoms with Gasteiger partial charge in [0.05, 0.1) is 12.7 Å². The summed E-state index contributed by atoms with van der Waals surface area (Å²) in [5.41, 5.74) is 1.92. The monoisotopic (exact) mass is 407 g/mol. The summed E-state index contributed by atoms with van der Waals surface area (Å²) in [5, 5.41) is 7.81. The Morgan fingerprint density at radius 3 is 2.79 bits per heavy atom. The van der Waals surface area contributed by atoms with E-state index in [1.54, 1.807) is 41.5 Å². The number of carbonyl (C=O) groups excluding carboxylic acids is 1. The van der Waals surface area contributed by atoms with Crippen molar-refractivity contribution in [3.8, 4) is 11.3 Å². The molecule has 0 spiro atoms. The van der Waals surface area contributed by atoms with Crippen LogP contribution in [0.4, 0.5) is 5.82 Å². The maximum absolute atomic E-state index is 12.2. The van der Waals surface area contributed by atoms with E-state index in [0.717, 1.165) is 11.1 Å². The standard InChI is InChI=1S/C21H18ClN5O2/c22-17-5-3-16(4-6-17)18-13-24-21(29-18)8-7-20(28)25-19-9-11-27(26-19)14-15-2-1-10-23-12-15/h1-6,9-13H,7-8,14H2,(H,25,26,28). The Hall–Kier alpha value is -3.45. The van der Waals surface area contributed by atoms with Crippen molar-refractivity contribution < 1.29 is 9.21 Å². The first-order valence-corrected chi connectivity index (χ1v) is 9.46. The predicted molar refractivity (Wildman–Crippen MR) is 109 cm³/mol. The molecule has 8 heteroatoms. The van der Waals surface area contributed by atoms with Crippen molar-refractivity contribution in [3.63, 3.8) is 0 Å². The van der Waals surface area contributed by atoms with Crippen LogP contribution in [0.1, 0.15) is 17.9 Å². The normalized spacial score (nSPS) is 10.8. The quantitative estimate of drug-likeness (QED) is 0.496. The molecule has 146 valence electrons. The fraction of sp³-hybridized carbons (Fsp3) is 0.143. The third-order valence-electron chi connectivity index (χ3n) is 4.22. The molecule has 0 aliphatic carbocycles. The largest absolute Gasteiger partial charge is 0.441 e. The van der Waals surface area contributed by atoms with Crippen LogP contribution in [0.2, 0.25) is 5.02 Å². The number of aryl methyl sites for hydroxylation is 1. The van der Waals surface area contributed by atoms with Crippen LogP contribution in [0.3, 0.4) is 0 Å². The van der Waals surface area contributed by atoms with Gasteiger partial charge in [0.2, 0.25) is 5.91 Å².